The molecule has 1 aromatic carbocycles. The first-order valence-corrected chi connectivity index (χ1v) is 6.61. The number of hydrogen-bond donors (Lipinski definition) is 2. The van der Waals surface area contributed by atoms with Gasteiger partial charge in [-0.2, -0.15) is 0 Å². The topological polar surface area (TPSA) is 35.5 Å². The number of rotatable bonds is 6. The molecule has 0 fully saturated rings. The summed E-state index contributed by atoms with van der Waals surface area (Å²) in [5.41, 5.74) is 0.419. The van der Waals surface area contributed by atoms with Crippen molar-refractivity contribution in [3.05, 3.63) is 33.8 Å². The molecule has 0 heterocycles. The second kappa shape index (κ2) is 6.73. The number of halogens is 2. The molecule has 0 saturated carbocycles. The molecule has 0 amide bonds. The lowest BCUT2D eigenvalue weighted by molar-refractivity contribution is 0.172. The second-order valence-corrected chi connectivity index (χ2v) is 5.66. The maximum absolute atomic E-state index is 9.61. The molecule has 0 aliphatic heterocycles. The average molecular weight is 291 g/mol. The second-order valence-electron chi connectivity index (χ2n) is 4.85. The van der Waals surface area contributed by atoms with Gasteiger partial charge in [0, 0.05) is 13.1 Å². The third-order valence-electron chi connectivity index (χ3n) is 2.95. The van der Waals surface area contributed by atoms with Crippen LogP contribution in [0.4, 0.5) is 0 Å². The minimum Gasteiger partial charge on any atom is -0.394 e. The van der Waals surface area contributed by atoms with Gasteiger partial charge in [0.1, 0.15) is 0 Å². The fraction of sp³-hybridized carbons (Fsp3) is 0.538. The van der Waals surface area contributed by atoms with E-state index in [0.29, 0.717) is 10.0 Å². The highest BCUT2D eigenvalue weighted by atomic mass is 35.5. The van der Waals surface area contributed by atoms with Gasteiger partial charge in [-0.25, -0.2) is 0 Å². The zero-order chi connectivity index (χ0) is 13.8. The molecular formula is C13H20Cl2N2O. The maximum Gasteiger partial charge on any atom is 0.0652 e. The fourth-order valence-corrected chi connectivity index (χ4v) is 1.94. The van der Waals surface area contributed by atoms with E-state index in [-0.39, 0.29) is 6.61 Å². The van der Waals surface area contributed by atoms with Crippen molar-refractivity contribution >= 4 is 23.2 Å². The molecule has 0 spiro atoms. The average Bonchev–Trinajstić information content (AvgIpc) is 2.32. The Bertz CT molecular complexity index is 399. The van der Waals surface area contributed by atoms with Gasteiger partial charge in [0.2, 0.25) is 0 Å². The Kier molecular flexibility index (Phi) is 5.89. The van der Waals surface area contributed by atoms with Gasteiger partial charge in [-0.3, -0.25) is 0 Å². The van der Waals surface area contributed by atoms with Crippen LogP contribution in [0.5, 0.6) is 0 Å². The van der Waals surface area contributed by atoms with Crippen molar-refractivity contribution < 1.29 is 5.11 Å². The van der Waals surface area contributed by atoms with Gasteiger partial charge in [-0.15, -0.1) is 0 Å². The summed E-state index contributed by atoms with van der Waals surface area (Å²) in [5.74, 6) is 0. The van der Waals surface area contributed by atoms with Crippen LogP contribution in [0.15, 0.2) is 18.2 Å². The normalized spacial score (nSPS) is 14.8. The molecule has 0 radical (unpaired) electrons. The van der Waals surface area contributed by atoms with E-state index in [0.717, 1.165) is 18.7 Å². The van der Waals surface area contributed by atoms with Gasteiger partial charge in [0.05, 0.1) is 22.2 Å². The monoisotopic (exact) mass is 290 g/mol. The van der Waals surface area contributed by atoms with Gasteiger partial charge >= 0.3 is 0 Å². The van der Waals surface area contributed by atoms with Crippen LogP contribution in [0, 0.1) is 0 Å². The van der Waals surface area contributed by atoms with Gasteiger partial charge < -0.3 is 15.3 Å². The molecule has 0 aromatic heterocycles. The Hall–Kier alpha value is -0.320. The lowest BCUT2D eigenvalue weighted by Crippen LogP contribution is -2.45. The summed E-state index contributed by atoms with van der Waals surface area (Å²) in [6.07, 6.45) is 0. The van der Waals surface area contributed by atoms with E-state index >= 15 is 0 Å². The van der Waals surface area contributed by atoms with Crippen molar-refractivity contribution in [1.82, 2.24) is 10.2 Å². The fourth-order valence-electron chi connectivity index (χ4n) is 1.64. The predicted molar refractivity (Wildman–Crippen MR) is 77.5 cm³/mol. The SMILES string of the molecule is CN(C)CCNC(C)(CO)c1ccc(Cl)c(Cl)c1. The largest absolute Gasteiger partial charge is 0.394 e. The van der Waals surface area contributed by atoms with Crippen LogP contribution < -0.4 is 5.32 Å². The molecule has 0 aliphatic rings. The van der Waals surface area contributed by atoms with Crippen molar-refractivity contribution in [3.8, 4) is 0 Å². The standard InChI is InChI=1S/C13H20Cl2N2O/c1-13(9-18,16-6-7-17(2)3)10-4-5-11(14)12(15)8-10/h4-5,8,16,18H,6-7,9H2,1-3H3. The highest BCUT2D eigenvalue weighted by molar-refractivity contribution is 6.42. The molecule has 1 unspecified atom stereocenters. The molecule has 0 aliphatic carbocycles. The predicted octanol–water partition coefficient (Wildman–Crippen LogP) is 2.35. The molecule has 0 saturated heterocycles. The lowest BCUT2D eigenvalue weighted by atomic mass is 9.93. The molecular weight excluding hydrogens is 271 g/mol. The van der Waals surface area contributed by atoms with Gasteiger partial charge in [0.25, 0.3) is 0 Å². The van der Waals surface area contributed by atoms with Crippen LogP contribution in [0.3, 0.4) is 0 Å². The Balaban J connectivity index is 2.82. The van der Waals surface area contributed by atoms with E-state index in [1.807, 2.05) is 27.1 Å². The summed E-state index contributed by atoms with van der Waals surface area (Å²) < 4.78 is 0. The molecule has 2 N–H and O–H groups in total. The third kappa shape index (κ3) is 4.11. The van der Waals surface area contributed by atoms with Crippen LogP contribution in [0.1, 0.15) is 12.5 Å². The zero-order valence-corrected chi connectivity index (χ0v) is 12.5. The number of benzene rings is 1. The maximum atomic E-state index is 9.61. The van der Waals surface area contributed by atoms with E-state index in [1.54, 1.807) is 12.1 Å². The van der Waals surface area contributed by atoms with Crippen molar-refractivity contribution in [2.24, 2.45) is 0 Å². The Labute approximate surface area is 119 Å². The Morgan fingerprint density at radius 1 is 1.28 bits per heavy atom. The summed E-state index contributed by atoms with van der Waals surface area (Å²) in [6.45, 7) is 3.63. The number of nitrogens with zero attached hydrogens (tertiary/aromatic N) is 1. The van der Waals surface area contributed by atoms with Crippen LogP contribution in [-0.4, -0.2) is 43.8 Å². The summed E-state index contributed by atoms with van der Waals surface area (Å²) in [6, 6.07) is 5.43. The molecule has 18 heavy (non-hydrogen) atoms. The van der Waals surface area contributed by atoms with Crippen LogP contribution in [0.25, 0.3) is 0 Å². The highest BCUT2D eigenvalue weighted by Crippen LogP contribution is 2.28. The summed E-state index contributed by atoms with van der Waals surface area (Å²) >= 11 is 11.9. The minimum atomic E-state index is -0.510. The van der Waals surface area contributed by atoms with Gasteiger partial charge in [0.15, 0.2) is 0 Å². The number of likely N-dealkylation sites (N-methyl/N-ethyl adjacent to an activating group) is 1. The lowest BCUT2D eigenvalue weighted by Gasteiger charge is -2.30. The van der Waals surface area contributed by atoms with E-state index in [4.69, 9.17) is 23.2 Å². The van der Waals surface area contributed by atoms with Crippen molar-refractivity contribution in [2.45, 2.75) is 12.5 Å². The summed E-state index contributed by atoms with van der Waals surface area (Å²) in [4.78, 5) is 2.08. The number of nitrogens with one attached hydrogen (secondary N) is 1. The highest BCUT2D eigenvalue weighted by Gasteiger charge is 2.25. The number of aliphatic hydroxyl groups excluding tert-OH is 1. The smallest absolute Gasteiger partial charge is 0.0652 e. The molecule has 1 rings (SSSR count). The number of aliphatic hydroxyl groups is 1. The van der Waals surface area contributed by atoms with Crippen molar-refractivity contribution in [3.63, 3.8) is 0 Å². The van der Waals surface area contributed by atoms with Gasteiger partial charge in [-0.05, 0) is 38.7 Å². The van der Waals surface area contributed by atoms with Gasteiger partial charge in [-0.1, -0.05) is 29.3 Å². The third-order valence-corrected chi connectivity index (χ3v) is 3.69. The quantitative estimate of drug-likeness (QED) is 0.844. The summed E-state index contributed by atoms with van der Waals surface area (Å²) in [5, 5.41) is 14.0. The van der Waals surface area contributed by atoms with E-state index in [1.165, 1.54) is 0 Å². The van der Waals surface area contributed by atoms with E-state index in [2.05, 4.69) is 10.2 Å². The van der Waals surface area contributed by atoms with E-state index < -0.39 is 5.54 Å². The number of hydrogen-bond acceptors (Lipinski definition) is 3. The zero-order valence-electron chi connectivity index (χ0n) is 11.0. The Morgan fingerprint density at radius 2 is 1.94 bits per heavy atom. The van der Waals surface area contributed by atoms with Crippen molar-refractivity contribution in [2.75, 3.05) is 33.8 Å². The molecule has 102 valence electrons. The van der Waals surface area contributed by atoms with Crippen molar-refractivity contribution in [1.29, 1.82) is 0 Å². The van der Waals surface area contributed by atoms with E-state index in [9.17, 15) is 5.11 Å². The molecule has 1 aromatic rings. The molecule has 1 atom stereocenters. The summed E-state index contributed by atoms with van der Waals surface area (Å²) in [7, 11) is 4.02. The Morgan fingerprint density at radius 3 is 2.44 bits per heavy atom. The first-order chi connectivity index (χ1) is 8.39. The minimum absolute atomic E-state index is 0.00160. The molecule has 0 bridgehead atoms. The van der Waals surface area contributed by atoms with Crippen LogP contribution in [0.2, 0.25) is 10.0 Å². The first kappa shape index (κ1) is 15.7. The molecule has 3 nitrogen and oxygen atoms in total. The van der Waals surface area contributed by atoms with Crippen LogP contribution in [-0.2, 0) is 5.54 Å². The van der Waals surface area contributed by atoms with Crippen LogP contribution >= 0.6 is 23.2 Å². The first-order valence-electron chi connectivity index (χ1n) is 5.85. The molecule has 5 heteroatoms.